The minimum atomic E-state index is -0.845. The van der Waals surface area contributed by atoms with E-state index in [0.717, 1.165) is 0 Å². The van der Waals surface area contributed by atoms with E-state index < -0.39 is 5.97 Å². The van der Waals surface area contributed by atoms with E-state index in [1.165, 1.54) is 0 Å². The van der Waals surface area contributed by atoms with Crippen molar-refractivity contribution in [2.75, 3.05) is 6.54 Å². The number of carboxylic acid groups (broad SMARTS) is 1. The number of carbonyl (C=O) groups is 3. The lowest BCUT2D eigenvalue weighted by Gasteiger charge is -2.03. The SMILES string of the molecule is NC(=O)CCCNC(=O)CCCCC(=O)O. The van der Waals surface area contributed by atoms with Crippen LogP contribution in [0, 0.1) is 0 Å². The Morgan fingerprint density at radius 3 is 2.19 bits per heavy atom. The van der Waals surface area contributed by atoms with Crippen molar-refractivity contribution in [2.45, 2.75) is 38.5 Å². The molecule has 0 atom stereocenters. The highest BCUT2D eigenvalue weighted by atomic mass is 16.4. The molecule has 0 unspecified atom stereocenters. The first-order valence-corrected chi connectivity index (χ1v) is 5.29. The zero-order valence-electron chi connectivity index (χ0n) is 9.20. The molecular formula is C10H18N2O4. The molecule has 0 spiro atoms. The quantitative estimate of drug-likeness (QED) is 0.485. The number of carboxylic acids is 1. The number of aliphatic carboxylic acids is 1. The number of unbranched alkanes of at least 4 members (excludes halogenated alkanes) is 1. The van der Waals surface area contributed by atoms with Gasteiger partial charge in [-0.1, -0.05) is 0 Å². The van der Waals surface area contributed by atoms with Gasteiger partial charge in [0.2, 0.25) is 11.8 Å². The average Bonchev–Trinajstić information content (AvgIpc) is 2.19. The fourth-order valence-corrected chi connectivity index (χ4v) is 1.14. The minimum Gasteiger partial charge on any atom is -0.481 e. The summed E-state index contributed by atoms with van der Waals surface area (Å²) < 4.78 is 0. The van der Waals surface area contributed by atoms with Gasteiger partial charge in [0.25, 0.3) is 0 Å². The van der Waals surface area contributed by atoms with Crippen molar-refractivity contribution in [3.05, 3.63) is 0 Å². The molecule has 4 N–H and O–H groups in total. The molecule has 0 rings (SSSR count). The third-order valence-electron chi connectivity index (χ3n) is 1.97. The Labute approximate surface area is 94.2 Å². The lowest BCUT2D eigenvalue weighted by molar-refractivity contribution is -0.137. The van der Waals surface area contributed by atoms with E-state index in [1.54, 1.807) is 0 Å². The number of carbonyl (C=O) groups excluding carboxylic acids is 2. The third-order valence-corrected chi connectivity index (χ3v) is 1.97. The van der Waals surface area contributed by atoms with E-state index in [0.29, 0.717) is 32.2 Å². The molecule has 0 aliphatic rings. The largest absolute Gasteiger partial charge is 0.481 e. The summed E-state index contributed by atoms with van der Waals surface area (Å²) in [5.74, 6) is -1.34. The van der Waals surface area contributed by atoms with Gasteiger partial charge in [-0.3, -0.25) is 14.4 Å². The first kappa shape index (κ1) is 14.4. The van der Waals surface area contributed by atoms with E-state index in [9.17, 15) is 14.4 Å². The number of hydrogen-bond donors (Lipinski definition) is 3. The highest BCUT2D eigenvalue weighted by Gasteiger charge is 2.02. The normalized spacial score (nSPS) is 9.75. The van der Waals surface area contributed by atoms with Gasteiger partial charge in [-0.25, -0.2) is 0 Å². The molecule has 16 heavy (non-hydrogen) atoms. The van der Waals surface area contributed by atoms with Gasteiger partial charge in [-0.2, -0.15) is 0 Å². The van der Waals surface area contributed by atoms with Crippen molar-refractivity contribution in [1.29, 1.82) is 0 Å². The first-order chi connectivity index (χ1) is 7.52. The van der Waals surface area contributed by atoms with Crippen molar-refractivity contribution in [1.82, 2.24) is 5.32 Å². The summed E-state index contributed by atoms with van der Waals surface area (Å²) in [6.45, 7) is 0.431. The molecule has 0 bridgehead atoms. The molecular weight excluding hydrogens is 212 g/mol. The van der Waals surface area contributed by atoms with Gasteiger partial charge in [-0.05, 0) is 19.3 Å². The van der Waals surface area contributed by atoms with Gasteiger partial charge in [0.05, 0.1) is 0 Å². The van der Waals surface area contributed by atoms with Crippen LogP contribution >= 0.6 is 0 Å². The van der Waals surface area contributed by atoms with E-state index >= 15 is 0 Å². The van der Waals surface area contributed by atoms with Gasteiger partial charge in [0.1, 0.15) is 0 Å². The molecule has 0 aromatic heterocycles. The number of rotatable bonds is 9. The van der Waals surface area contributed by atoms with E-state index in [4.69, 9.17) is 10.8 Å². The molecule has 0 fully saturated rings. The van der Waals surface area contributed by atoms with Crippen LogP contribution in [-0.4, -0.2) is 29.4 Å². The molecule has 92 valence electrons. The second-order valence-electron chi connectivity index (χ2n) is 3.52. The van der Waals surface area contributed by atoms with Gasteiger partial charge in [0, 0.05) is 25.8 Å². The summed E-state index contributed by atoms with van der Waals surface area (Å²) in [5, 5.41) is 11.0. The van der Waals surface area contributed by atoms with Crippen LogP contribution in [0.25, 0.3) is 0 Å². The second kappa shape index (κ2) is 8.70. The van der Waals surface area contributed by atoms with E-state index in [-0.39, 0.29) is 24.7 Å². The molecule has 0 saturated heterocycles. The summed E-state index contributed by atoms with van der Waals surface area (Å²) in [6, 6.07) is 0. The summed E-state index contributed by atoms with van der Waals surface area (Å²) in [5.41, 5.74) is 4.93. The lowest BCUT2D eigenvalue weighted by atomic mass is 10.2. The highest BCUT2D eigenvalue weighted by molar-refractivity contribution is 5.76. The molecule has 0 heterocycles. The maximum Gasteiger partial charge on any atom is 0.303 e. The van der Waals surface area contributed by atoms with E-state index in [2.05, 4.69) is 5.32 Å². The van der Waals surface area contributed by atoms with Crippen molar-refractivity contribution in [3.8, 4) is 0 Å². The molecule has 6 nitrogen and oxygen atoms in total. The van der Waals surface area contributed by atoms with Crippen molar-refractivity contribution in [2.24, 2.45) is 5.73 Å². The maximum atomic E-state index is 11.2. The van der Waals surface area contributed by atoms with Crippen LogP contribution < -0.4 is 11.1 Å². The van der Waals surface area contributed by atoms with Crippen molar-refractivity contribution in [3.63, 3.8) is 0 Å². The van der Waals surface area contributed by atoms with Gasteiger partial charge < -0.3 is 16.2 Å². The molecule has 6 heteroatoms. The molecule has 0 aliphatic carbocycles. The monoisotopic (exact) mass is 230 g/mol. The maximum absolute atomic E-state index is 11.2. The Morgan fingerprint density at radius 1 is 1.00 bits per heavy atom. The second-order valence-corrected chi connectivity index (χ2v) is 3.52. The Bertz CT molecular complexity index is 229. The molecule has 0 aromatic carbocycles. The smallest absolute Gasteiger partial charge is 0.303 e. The predicted molar refractivity (Wildman–Crippen MR) is 57.5 cm³/mol. The predicted octanol–water partition coefficient (Wildman–Crippen LogP) is 0.0131. The average molecular weight is 230 g/mol. The molecule has 0 radical (unpaired) electrons. The van der Waals surface area contributed by atoms with E-state index in [1.807, 2.05) is 0 Å². The molecule has 2 amide bonds. The third kappa shape index (κ3) is 10.5. The zero-order chi connectivity index (χ0) is 12.4. The minimum absolute atomic E-state index is 0.0922. The Kier molecular flexibility index (Phi) is 7.83. The Hall–Kier alpha value is -1.59. The number of nitrogens with one attached hydrogen (secondary N) is 1. The first-order valence-electron chi connectivity index (χ1n) is 5.29. The van der Waals surface area contributed by atoms with Crippen LogP contribution in [0.15, 0.2) is 0 Å². The van der Waals surface area contributed by atoms with Gasteiger partial charge >= 0.3 is 5.97 Å². The van der Waals surface area contributed by atoms with Crippen LogP contribution in [0.3, 0.4) is 0 Å². The summed E-state index contributed by atoms with van der Waals surface area (Å²) >= 11 is 0. The van der Waals surface area contributed by atoms with Crippen LogP contribution in [0.1, 0.15) is 38.5 Å². The van der Waals surface area contributed by atoms with Crippen LogP contribution in [0.2, 0.25) is 0 Å². The number of amides is 2. The standard InChI is InChI=1S/C10H18N2O4/c11-8(13)4-3-7-12-9(14)5-1-2-6-10(15)16/h1-7H2,(H2,11,13)(H,12,14)(H,15,16). The summed E-state index contributed by atoms with van der Waals surface area (Å²) in [4.78, 5) is 31.7. The van der Waals surface area contributed by atoms with Crippen LogP contribution in [0.5, 0.6) is 0 Å². The highest BCUT2D eigenvalue weighted by Crippen LogP contribution is 1.99. The zero-order valence-corrected chi connectivity index (χ0v) is 9.20. The van der Waals surface area contributed by atoms with Crippen molar-refractivity contribution < 1.29 is 19.5 Å². The van der Waals surface area contributed by atoms with Crippen LogP contribution in [0.4, 0.5) is 0 Å². The van der Waals surface area contributed by atoms with Gasteiger partial charge in [0.15, 0.2) is 0 Å². The Balaban J connectivity index is 3.31. The Morgan fingerprint density at radius 2 is 1.62 bits per heavy atom. The molecule has 0 aromatic rings. The van der Waals surface area contributed by atoms with Crippen LogP contribution in [-0.2, 0) is 14.4 Å². The summed E-state index contributed by atoms with van der Waals surface area (Å²) in [7, 11) is 0. The number of hydrogen-bond acceptors (Lipinski definition) is 3. The fourth-order valence-electron chi connectivity index (χ4n) is 1.14. The molecule has 0 aliphatic heterocycles. The van der Waals surface area contributed by atoms with Gasteiger partial charge in [-0.15, -0.1) is 0 Å². The number of primary amides is 1. The summed E-state index contributed by atoms with van der Waals surface area (Å²) in [6.07, 6.45) is 2.28. The topological polar surface area (TPSA) is 109 Å². The van der Waals surface area contributed by atoms with Crippen molar-refractivity contribution >= 4 is 17.8 Å². The lowest BCUT2D eigenvalue weighted by Crippen LogP contribution is -2.25. The fraction of sp³-hybridized carbons (Fsp3) is 0.700. The number of nitrogens with two attached hydrogens (primary N) is 1. The molecule has 0 saturated carbocycles.